The lowest BCUT2D eigenvalue weighted by atomic mass is 10.0. The fourth-order valence-electron chi connectivity index (χ4n) is 2.92. The van der Waals surface area contributed by atoms with Gasteiger partial charge in [0.05, 0.1) is 5.57 Å². The smallest absolute Gasteiger partial charge is 0.273 e. The van der Waals surface area contributed by atoms with Gasteiger partial charge in [-0.1, -0.05) is 37.3 Å². The molecule has 1 amide bonds. The second-order valence-corrected chi connectivity index (χ2v) is 5.45. The number of nitrogens with zero attached hydrogens (tertiary/aromatic N) is 1. The average Bonchev–Trinajstić information content (AvgIpc) is 3.01. The largest absolute Gasteiger partial charge is 0.359 e. The summed E-state index contributed by atoms with van der Waals surface area (Å²) < 4.78 is 0. The molecule has 0 saturated heterocycles. The molecule has 1 aromatic carbocycles. The molecule has 0 unspecified atom stereocenters. The maximum Gasteiger partial charge on any atom is 0.273 e. The van der Waals surface area contributed by atoms with Crippen molar-refractivity contribution in [1.29, 1.82) is 0 Å². The lowest BCUT2D eigenvalue weighted by molar-refractivity contribution is -0.116. The van der Waals surface area contributed by atoms with Crippen molar-refractivity contribution in [2.24, 2.45) is 5.10 Å². The Bertz CT molecular complexity index is 782. The van der Waals surface area contributed by atoms with Crippen molar-refractivity contribution < 1.29 is 4.79 Å². The van der Waals surface area contributed by atoms with Gasteiger partial charge in [0.25, 0.3) is 5.91 Å². The van der Waals surface area contributed by atoms with E-state index in [0.29, 0.717) is 11.3 Å². The van der Waals surface area contributed by atoms with Crippen LogP contribution in [0.5, 0.6) is 0 Å². The number of aromatic amines is 1. The lowest BCUT2D eigenvalue weighted by Gasteiger charge is -2.02. The Labute approximate surface area is 129 Å². The molecule has 0 spiro atoms. The Morgan fingerprint density at radius 3 is 2.55 bits per heavy atom. The Kier molecular flexibility index (Phi) is 3.67. The van der Waals surface area contributed by atoms with Gasteiger partial charge in [0.15, 0.2) is 0 Å². The molecule has 0 fully saturated rings. The number of benzene rings is 1. The average molecular weight is 293 g/mol. The third-order valence-electron chi connectivity index (χ3n) is 4.09. The molecule has 4 nitrogen and oxygen atoms in total. The summed E-state index contributed by atoms with van der Waals surface area (Å²) in [6, 6.07) is 9.74. The van der Waals surface area contributed by atoms with Gasteiger partial charge >= 0.3 is 0 Å². The van der Waals surface area contributed by atoms with Crippen LogP contribution in [0.25, 0.3) is 6.08 Å². The summed E-state index contributed by atoms with van der Waals surface area (Å²) in [5.41, 5.74) is 9.42. The minimum absolute atomic E-state index is 0.163. The number of hydrogen-bond donors (Lipinski definition) is 2. The molecule has 0 radical (unpaired) electrons. The summed E-state index contributed by atoms with van der Waals surface area (Å²) in [7, 11) is 0. The Morgan fingerprint density at radius 1 is 1.18 bits per heavy atom. The van der Waals surface area contributed by atoms with E-state index >= 15 is 0 Å². The maximum atomic E-state index is 12.1. The minimum Gasteiger partial charge on any atom is -0.359 e. The van der Waals surface area contributed by atoms with Gasteiger partial charge in [-0.15, -0.1) is 0 Å². The zero-order valence-electron chi connectivity index (χ0n) is 13.0. The van der Waals surface area contributed by atoms with Crippen LogP contribution in [0.1, 0.15) is 35.0 Å². The fraction of sp³-hybridized carbons (Fsp3) is 0.222. The zero-order valence-corrected chi connectivity index (χ0v) is 13.0. The van der Waals surface area contributed by atoms with Crippen molar-refractivity contribution in [3.05, 3.63) is 64.0 Å². The monoisotopic (exact) mass is 293 g/mol. The highest BCUT2D eigenvalue weighted by Crippen LogP contribution is 2.23. The summed E-state index contributed by atoms with van der Waals surface area (Å²) >= 11 is 0. The number of hydrazone groups is 1. The van der Waals surface area contributed by atoms with E-state index in [2.05, 4.69) is 36.3 Å². The number of aromatic nitrogens is 1. The van der Waals surface area contributed by atoms with Gasteiger partial charge in [-0.25, -0.2) is 5.43 Å². The molecular formula is C18H19N3O. The molecule has 1 aliphatic rings. The van der Waals surface area contributed by atoms with E-state index in [1.54, 1.807) is 0 Å². The molecule has 0 aliphatic carbocycles. The lowest BCUT2D eigenvalue weighted by Crippen LogP contribution is -2.13. The molecule has 22 heavy (non-hydrogen) atoms. The first-order chi connectivity index (χ1) is 10.6. The van der Waals surface area contributed by atoms with Crippen LogP contribution in [-0.2, 0) is 11.2 Å². The number of amides is 1. The van der Waals surface area contributed by atoms with E-state index in [9.17, 15) is 4.79 Å². The van der Waals surface area contributed by atoms with Crippen molar-refractivity contribution in [2.75, 3.05) is 0 Å². The van der Waals surface area contributed by atoms with Gasteiger partial charge in [-0.3, -0.25) is 4.79 Å². The topological polar surface area (TPSA) is 57.2 Å². The van der Waals surface area contributed by atoms with Crippen LogP contribution in [-0.4, -0.2) is 16.6 Å². The van der Waals surface area contributed by atoms with Gasteiger partial charge < -0.3 is 4.98 Å². The molecule has 1 aromatic heterocycles. The number of carbonyl (C=O) groups excluding carboxylic acids is 1. The summed E-state index contributed by atoms with van der Waals surface area (Å²) in [6.07, 6.45) is 2.87. The zero-order chi connectivity index (χ0) is 15.7. The summed E-state index contributed by atoms with van der Waals surface area (Å²) in [5, 5.41) is 4.18. The highest BCUT2D eigenvalue weighted by atomic mass is 16.2. The molecule has 2 N–H and O–H groups in total. The molecule has 0 atom stereocenters. The minimum atomic E-state index is -0.163. The molecule has 1 aliphatic heterocycles. The number of hydrogen-bond acceptors (Lipinski definition) is 2. The Balaban J connectivity index is 2.06. The highest BCUT2D eigenvalue weighted by molar-refractivity contribution is 6.33. The number of nitrogens with one attached hydrogen (secondary N) is 2. The molecular weight excluding hydrogens is 274 g/mol. The SMILES string of the molecule is CCc1c(C)[nH]c(/C=C2/C(=O)NN=C2c2ccccc2)c1C. The number of aryl methyl sites for hydroxylation is 1. The first-order valence-corrected chi connectivity index (χ1v) is 7.45. The van der Waals surface area contributed by atoms with Gasteiger partial charge in [-0.2, -0.15) is 5.10 Å². The molecule has 0 saturated carbocycles. The second-order valence-electron chi connectivity index (χ2n) is 5.45. The van der Waals surface area contributed by atoms with Gasteiger partial charge in [0.1, 0.15) is 5.71 Å². The first-order valence-electron chi connectivity index (χ1n) is 7.45. The van der Waals surface area contributed by atoms with Crippen molar-refractivity contribution in [3.8, 4) is 0 Å². The summed E-state index contributed by atoms with van der Waals surface area (Å²) in [5.74, 6) is -0.163. The highest BCUT2D eigenvalue weighted by Gasteiger charge is 2.24. The predicted molar refractivity (Wildman–Crippen MR) is 88.7 cm³/mol. The molecule has 112 valence electrons. The van der Waals surface area contributed by atoms with Crippen molar-refractivity contribution in [2.45, 2.75) is 27.2 Å². The van der Waals surface area contributed by atoms with Crippen LogP contribution < -0.4 is 5.43 Å². The standard InChI is InChI=1S/C18H19N3O/c1-4-14-11(2)16(19-12(14)3)10-15-17(20-21-18(15)22)13-8-6-5-7-9-13/h5-10,19H,4H2,1-3H3,(H,21,22)/b15-10+. The predicted octanol–water partition coefficient (Wildman–Crippen LogP) is 3.11. The van der Waals surface area contributed by atoms with Crippen molar-refractivity contribution >= 4 is 17.7 Å². The van der Waals surface area contributed by atoms with Crippen LogP contribution in [0.2, 0.25) is 0 Å². The van der Waals surface area contributed by atoms with Crippen LogP contribution in [0.15, 0.2) is 41.0 Å². The van der Waals surface area contributed by atoms with Crippen molar-refractivity contribution in [3.63, 3.8) is 0 Å². The first kappa shape index (κ1) is 14.3. The van der Waals surface area contributed by atoms with Gasteiger partial charge in [0, 0.05) is 17.0 Å². The van der Waals surface area contributed by atoms with E-state index < -0.39 is 0 Å². The quantitative estimate of drug-likeness (QED) is 0.839. The third-order valence-corrected chi connectivity index (χ3v) is 4.09. The van der Waals surface area contributed by atoms with E-state index in [1.165, 1.54) is 11.1 Å². The number of H-pyrrole nitrogens is 1. The van der Waals surface area contributed by atoms with Crippen LogP contribution in [0.3, 0.4) is 0 Å². The van der Waals surface area contributed by atoms with E-state index in [4.69, 9.17) is 0 Å². The van der Waals surface area contributed by atoms with Gasteiger partial charge in [-0.05, 0) is 37.5 Å². The number of rotatable bonds is 3. The Hall–Kier alpha value is -2.62. The Morgan fingerprint density at radius 2 is 1.91 bits per heavy atom. The normalized spacial score (nSPS) is 16.0. The van der Waals surface area contributed by atoms with E-state index in [1.807, 2.05) is 36.4 Å². The second kappa shape index (κ2) is 5.64. The number of carbonyl (C=O) groups is 1. The van der Waals surface area contributed by atoms with E-state index in [0.717, 1.165) is 23.4 Å². The molecule has 2 heterocycles. The summed E-state index contributed by atoms with van der Waals surface area (Å²) in [4.78, 5) is 15.5. The third kappa shape index (κ3) is 2.37. The maximum absolute atomic E-state index is 12.1. The van der Waals surface area contributed by atoms with Crippen LogP contribution in [0.4, 0.5) is 0 Å². The molecule has 4 heteroatoms. The van der Waals surface area contributed by atoms with Crippen molar-refractivity contribution in [1.82, 2.24) is 10.4 Å². The molecule has 3 rings (SSSR count). The summed E-state index contributed by atoms with van der Waals surface area (Å²) in [6.45, 7) is 6.29. The van der Waals surface area contributed by atoms with E-state index in [-0.39, 0.29) is 5.91 Å². The fourth-order valence-corrected chi connectivity index (χ4v) is 2.92. The van der Waals surface area contributed by atoms with Crippen LogP contribution in [0, 0.1) is 13.8 Å². The molecule has 0 bridgehead atoms. The van der Waals surface area contributed by atoms with Gasteiger partial charge in [0.2, 0.25) is 0 Å². The van der Waals surface area contributed by atoms with Crippen LogP contribution >= 0.6 is 0 Å². The molecule has 2 aromatic rings.